The molecule has 1 aromatic heterocycles. The lowest BCUT2D eigenvalue weighted by molar-refractivity contribution is -0.116. The van der Waals surface area contributed by atoms with Crippen LogP contribution in [0, 0.1) is 11.6 Å². The summed E-state index contributed by atoms with van der Waals surface area (Å²) >= 11 is 0. The van der Waals surface area contributed by atoms with Gasteiger partial charge >= 0.3 is 0 Å². The number of hydrogen-bond acceptors (Lipinski definition) is 4. The highest BCUT2D eigenvalue weighted by atomic mass is 19.1. The van der Waals surface area contributed by atoms with Crippen LogP contribution in [-0.2, 0) is 28.0 Å². The third kappa shape index (κ3) is 5.50. The summed E-state index contributed by atoms with van der Waals surface area (Å²) in [4.78, 5) is 27.3. The van der Waals surface area contributed by atoms with Crippen molar-refractivity contribution in [2.45, 2.75) is 64.0 Å². The number of aldehydes is 1. The molecule has 2 aromatic rings. The van der Waals surface area contributed by atoms with E-state index in [1.54, 1.807) is 24.6 Å². The predicted octanol–water partition coefficient (Wildman–Crippen LogP) is 3.35. The molecule has 2 N–H and O–H groups in total. The Balaban J connectivity index is 1.36. The zero-order valence-corrected chi connectivity index (χ0v) is 17.4. The lowest BCUT2D eigenvalue weighted by Crippen LogP contribution is -2.35. The molecule has 8 heteroatoms. The van der Waals surface area contributed by atoms with Crippen LogP contribution in [0.25, 0.3) is 0 Å². The first kappa shape index (κ1) is 22.1. The molecule has 1 aliphatic carbocycles. The molecule has 0 saturated carbocycles. The number of imidazole rings is 1. The minimum atomic E-state index is -0.710. The standard InChI is InChI=1S/C22H28F2N4O2/c1-22(2,13-29)28-12-20(26-14-28)27-21(30)5-3-4-8-25-17-7-6-15-9-16(23)10-19(24)18(15)11-17/h9-10,12-14,17,25H,3-8,11H2,1-2H3,(H,27,30). The highest BCUT2D eigenvalue weighted by Crippen LogP contribution is 2.25. The minimum Gasteiger partial charge on any atom is -0.323 e. The van der Waals surface area contributed by atoms with Crippen LogP contribution >= 0.6 is 0 Å². The van der Waals surface area contributed by atoms with E-state index in [0.29, 0.717) is 37.1 Å². The lowest BCUT2D eigenvalue weighted by atomic mass is 9.87. The number of anilines is 1. The van der Waals surface area contributed by atoms with Crippen LogP contribution in [0.2, 0.25) is 0 Å². The van der Waals surface area contributed by atoms with Gasteiger partial charge in [0, 0.05) is 24.7 Å². The van der Waals surface area contributed by atoms with Crippen LogP contribution < -0.4 is 10.6 Å². The lowest BCUT2D eigenvalue weighted by Gasteiger charge is -2.26. The molecule has 0 aliphatic heterocycles. The summed E-state index contributed by atoms with van der Waals surface area (Å²) in [6.45, 7) is 4.26. The number of benzene rings is 1. The molecule has 30 heavy (non-hydrogen) atoms. The monoisotopic (exact) mass is 418 g/mol. The molecule has 0 radical (unpaired) electrons. The number of hydrogen-bond donors (Lipinski definition) is 2. The summed E-state index contributed by atoms with van der Waals surface area (Å²) in [7, 11) is 0. The molecule has 0 bridgehead atoms. The number of carbonyl (C=O) groups excluding carboxylic acids is 2. The average Bonchev–Trinajstić information content (AvgIpc) is 3.17. The molecule has 3 rings (SSSR count). The van der Waals surface area contributed by atoms with Crippen molar-refractivity contribution in [3.63, 3.8) is 0 Å². The Kier molecular flexibility index (Phi) is 6.97. The Morgan fingerprint density at radius 3 is 2.90 bits per heavy atom. The zero-order valence-electron chi connectivity index (χ0n) is 17.4. The molecule has 1 aliphatic rings. The van der Waals surface area contributed by atoms with E-state index < -0.39 is 17.2 Å². The van der Waals surface area contributed by atoms with Gasteiger partial charge in [0.2, 0.25) is 5.91 Å². The van der Waals surface area contributed by atoms with Gasteiger partial charge in [0.1, 0.15) is 17.9 Å². The van der Waals surface area contributed by atoms with Gasteiger partial charge in [-0.25, -0.2) is 13.8 Å². The predicted molar refractivity (Wildman–Crippen MR) is 110 cm³/mol. The molecule has 1 atom stereocenters. The molecule has 0 spiro atoms. The molecule has 6 nitrogen and oxygen atoms in total. The van der Waals surface area contributed by atoms with Crippen molar-refractivity contribution >= 4 is 18.0 Å². The number of rotatable bonds is 9. The highest BCUT2D eigenvalue weighted by Gasteiger charge is 2.22. The number of carbonyl (C=O) groups is 2. The molecule has 1 unspecified atom stereocenters. The number of nitrogens with zero attached hydrogens (tertiary/aromatic N) is 2. The maximum atomic E-state index is 14.0. The molecule has 1 heterocycles. The quantitative estimate of drug-likeness (QED) is 0.484. The summed E-state index contributed by atoms with van der Waals surface area (Å²) < 4.78 is 28.9. The van der Waals surface area contributed by atoms with E-state index in [2.05, 4.69) is 15.6 Å². The van der Waals surface area contributed by atoms with Gasteiger partial charge < -0.3 is 20.0 Å². The van der Waals surface area contributed by atoms with Gasteiger partial charge in [-0.2, -0.15) is 0 Å². The number of nitrogens with one attached hydrogen (secondary N) is 2. The molecule has 0 fully saturated rings. The van der Waals surface area contributed by atoms with Crippen molar-refractivity contribution in [1.82, 2.24) is 14.9 Å². The second-order valence-electron chi connectivity index (χ2n) is 8.36. The highest BCUT2D eigenvalue weighted by molar-refractivity contribution is 5.89. The first-order chi connectivity index (χ1) is 14.3. The topological polar surface area (TPSA) is 76.0 Å². The van der Waals surface area contributed by atoms with Crippen molar-refractivity contribution in [2.24, 2.45) is 0 Å². The number of aryl methyl sites for hydroxylation is 1. The van der Waals surface area contributed by atoms with Gasteiger partial charge in [-0.15, -0.1) is 0 Å². The van der Waals surface area contributed by atoms with E-state index in [9.17, 15) is 18.4 Å². The van der Waals surface area contributed by atoms with Crippen LogP contribution in [0.5, 0.6) is 0 Å². The fourth-order valence-corrected chi connectivity index (χ4v) is 3.65. The SMILES string of the molecule is CC(C)(C=O)n1cnc(NC(=O)CCCCNC2CCc3cc(F)cc(F)c3C2)c1. The van der Waals surface area contributed by atoms with Gasteiger partial charge in [-0.05, 0) is 69.7 Å². The number of unbranched alkanes of at least 4 members (excludes halogenated alkanes) is 1. The Hall–Kier alpha value is -2.61. The third-order valence-corrected chi connectivity index (χ3v) is 5.53. The fourth-order valence-electron chi connectivity index (χ4n) is 3.65. The fraction of sp³-hybridized carbons (Fsp3) is 0.500. The maximum absolute atomic E-state index is 14.0. The van der Waals surface area contributed by atoms with Crippen LogP contribution in [0.15, 0.2) is 24.7 Å². The molecule has 1 aromatic carbocycles. The summed E-state index contributed by atoms with van der Waals surface area (Å²) in [6, 6.07) is 2.54. The first-order valence-corrected chi connectivity index (χ1v) is 10.3. The summed E-state index contributed by atoms with van der Waals surface area (Å²) in [5.74, 6) is -0.686. The molecule has 162 valence electrons. The van der Waals surface area contributed by atoms with E-state index in [1.165, 1.54) is 12.4 Å². The van der Waals surface area contributed by atoms with Gasteiger partial charge in [0.05, 0.1) is 11.9 Å². The van der Waals surface area contributed by atoms with E-state index >= 15 is 0 Å². The molecular weight excluding hydrogens is 390 g/mol. The largest absolute Gasteiger partial charge is 0.323 e. The Morgan fingerprint density at radius 2 is 2.13 bits per heavy atom. The van der Waals surface area contributed by atoms with Gasteiger partial charge in [-0.3, -0.25) is 4.79 Å². The molecular formula is C22H28F2N4O2. The second-order valence-corrected chi connectivity index (χ2v) is 8.36. The van der Waals surface area contributed by atoms with Crippen LogP contribution in [-0.4, -0.2) is 34.3 Å². The van der Waals surface area contributed by atoms with Crippen molar-refractivity contribution in [3.8, 4) is 0 Å². The Bertz CT molecular complexity index is 911. The first-order valence-electron chi connectivity index (χ1n) is 10.3. The minimum absolute atomic E-state index is 0.125. The van der Waals surface area contributed by atoms with Gasteiger partial charge in [0.25, 0.3) is 0 Å². The normalized spacial score (nSPS) is 16.2. The zero-order chi connectivity index (χ0) is 21.7. The van der Waals surface area contributed by atoms with E-state index in [4.69, 9.17) is 0 Å². The van der Waals surface area contributed by atoms with Crippen molar-refractivity contribution in [3.05, 3.63) is 47.4 Å². The van der Waals surface area contributed by atoms with Crippen LogP contribution in [0.1, 0.15) is 50.7 Å². The van der Waals surface area contributed by atoms with Gasteiger partial charge in [0.15, 0.2) is 5.82 Å². The van der Waals surface area contributed by atoms with Crippen molar-refractivity contribution in [2.75, 3.05) is 11.9 Å². The Morgan fingerprint density at radius 1 is 1.33 bits per heavy atom. The molecule has 0 saturated heterocycles. The third-order valence-electron chi connectivity index (χ3n) is 5.53. The number of aromatic nitrogens is 2. The summed E-state index contributed by atoms with van der Waals surface area (Å²) in [5, 5.41) is 6.15. The van der Waals surface area contributed by atoms with Crippen molar-refractivity contribution in [1.29, 1.82) is 0 Å². The number of halogens is 2. The average molecular weight is 418 g/mol. The van der Waals surface area contributed by atoms with Crippen LogP contribution in [0.4, 0.5) is 14.6 Å². The Labute approximate surface area is 175 Å². The van der Waals surface area contributed by atoms with E-state index in [0.717, 1.165) is 37.3 Å². The van der Waals surface area contributed by atoms with Gasteiger partial charge in [-0.1, -0.05) is 0 Å². The van der Waals surface area contributed by atoms with Crippen molar-refractivity contribution < 1.29 is 18.4 Å². The smallest absolute Gasteiger partial charge is 0.225 e. The van der Waals surface area contributed by atoms with E-state index in [-0.39, 0.29) is 11.9 Å². The maximum Gasteiger partial charge on any atom is 0.225 e. The summed E-state index contributed by atoms with van der Waals surface area (Å²) in [5.41, 5.74) is 0.663. The number of fused-ring (bicyclic) bond motifs is 1. The second kappa shape index (κ2) is 9.47. The number of amides is 1. The summed E-state index contributed by atoms with van der Waals surface area (Å²) in [6.07, 6.45) is 7.94. The van der Waals surface area contributed by atoms with Crippen LogP contribution in [0.3, 0.4) is 0 Å². The molecule has 1 amide bonds. The van der Waals surface area contributed by atoms with E-state index in [1.807, 2.05) is 0 Å².